The van der Waals surface area contributed by atoms with E-state index in [9.17, 15) is 9.90 Å². The van der Waals surface area contributed by atoms with Crippen molar-refractivity contribution in [1.29, 1.82) is 0 Å². The molecule has 4 heteroatoms. The second-order valence-corrected chi connectivity index (χ2v) is 4.33. The molecule has 2 N–H and O–H groups in total. The van der Waals surface area contributed by atoms with Crippen LogP contribution in [0.15, 0.2) is 16.8 Å². The molecule has 1 heterocycles. The summed E-state index contributed by atoms with van der Waals surface area (Å²) < 4.78 is 0. The Morgan fingerprint density at radius 3 is 2.93 bits per heavy atom. The minimum atomic E-state index is -0.814. The van der Waals surface area contributed by atoms with E-state index in [1.807, 2.05) is 12.3 Å². The largest absolute Gasteiger partial charge is 0.388 e. The smallest absolute Gasteiger partial charge is 0.252 e. The van der Waals surface area contributed by atoms with Crippen molar-refractivity contribution in [3.63, 3.8) is 0 Å². The molecule has 1 unspecified atom stereocenters. The van der Waals surface area contributed by atoms with Crippen LogP contribution in [-0.2, 0) is 0 Å². The summed E-state index contributed by atoms with van der Waals surface area (Å²) in [5, 5.41) is 16.0. The van der Waals surface area contributed by atoms with E-state index >= 15 is 0 Å². The lowest BCUT2D eigenvalue weighted by molar-refractivity contribution is 0.0518. The second kappa shape index (κ2) is 4.57. The van der Waals surface area contributed by atoms with Crippen molar-refractivity contribution >= 4 is 17.2 Å². The Labute approximate surface area is 87.8 Å². The van der Waals surface area contributed by atoms with Gasteiger partial charge in [-0.05, 0) is 24.8 Å². The van der Waals surface area contributed by atoms with Crippen LogP contribution in [0.5, 0.6) is 0 Å². The first-order valence-electron chi connectivity index (χ1n) is 4.58. The van der Waals surface area contributed by atoms with Gasteiger partial charge < -0.3 is 10.4 Å². The molecule has 3 nitrogen and oxygen atoms in total. The Kier molecular flexibility index (Phi) is 3.66. The summed E-state index contributed by atoms with van der Waals surface area (Å²) in [5.41, 5.74) is -0.159. The fourth-order valence-electron chi connectivity index (χ4n) is 0.891. The van der Waals surface area contributed by atoms with Crippen LogP contribution >= 0.6 is 11.3 Å². The minimum Gasteiger partial charge on any atom is -0.388 e. The van der Waals surface area contributed by atoms with Gasteiger partial charge in [-0.1, -0.05) is 6.92 Å². The first kappa shape index (κ1) is 11.2. The standard InChI is InChI=1S/C10H15NO2S/c1-3-10(2,13)7-11-9(12)8-4-5-14-6-8/h4-6,13H,3,7H2,1-2H3,(H,11,12). The summed E-state index contributed by atoms with van der Waals surface area (Å²) in [6.45, 7) is 3.88. The minimum absolute atomic E-state index is 0.125. The van der Waals surface area contributed by atoms with Gasteiger partial charge in [0.1, 0.15) is 0 Å². The zero-order chi connectivity index (χ0) is 10.6. The third-order valence-electron chi connectivity index (χ3n) is 2.17. The number of carbonyl (C=O) groups is 1. The first-order valence-corrected chi connectivity index (χ1v) is 5.52. The monoisotopic (exact) mass is 213 g/mol. The summed E-state index contributed by atoms with van der Waals surface area (Å²) in [4.78, 5) is 11.5. The molecule has 1 aromatic heterocycles. The molecule has 0 bridgehead atoms. The summed E-state index contributed by atoms with van der Waals surface area (Å²) in [6.07, 6.45) is 0.622. The maximum Gasteiger partial charge on any atom is 0.252 e. The lowest BCUT2D eigenvalue weighted by atomic mass is 10.0. The van der Waals surface area contributed by atoms with Crippen LogP contribution in [-0.4, -0.2) is 23.2 Å². The predicted octanol–water partition coefficient (Wildman–Crippen LogP) is 1.64. The van der Waals surface area contributed by atoms with Crippen LogP contribution in [0.2, 0.25) is 0 Å². The molecule has 0 aliphatic heterocycles. The molecule has 0 saturated heterocycles. The van der Waals surface area contributed by atoms with Gasteiger partial charge in [0.25, 0.3) is 5.91 Å². The number of nitrogens with one attached hydrogen (secondary N) is 1. The number of carbonyl (C=O) groups excluding carboxylic acids is 1. The normalized spacial score (nSPS) is 14.8. The highest BCUT2D eigenvalue weighted by atomic mass is 32.1. The van der Waals surface area contributed by atoms with Crippen molar-refractivity contribution in [3.05, 3.63) is 22.4 Å². The molecule has 0 aromatic carbocycles. The van der Waals surface area contributed by atoms with Gasteiger partial charge in [0.2, 0.25) is 0 Å². The van der Waals surface area contributed by atoms with E-state index in [4.69, 9.17) is 0 Å². The maximum absolute atomic E-state index is 11.5. The van der Waals surface area contributed by atoms with E-state index in [-0.39, 0.29) is 12.5 Å². The quantitative estimate of drug-likeness (QED) is 0.798. The van der Waals surface area contributed by atoms with Crippen molar-refractivity contribution in [2.45, 2.75) is 25.9 Å². The van der Waals surface area contributed by atoms with Crippen molar-refractivity contribution in [2.75, 3.05) is 6.54 Å². The van der Waals surface area contributed by atoms with Crippen LogP contribution in [0, 0.1) is 0 Å². The van der Waals surface area contributed by atoms with E-state index < -0.39 is 5.60 Å². The predicted molar refractivity (Wildman–Crippen MR) is 57.6 cm³/mol. The van der Waals surface area contributed by atoms with Gasteiger partial charge in [-0.2, -0.15) is 11.3 Å². The summed E-state index contributed by atoms with van der Waals surface area (Å²) in [6, 6.07) is 1.76. The number of aliphatic hydroxyl groups is 1. The Bertz CT molecular complexity index is 293. The number of amides is 1. The average molecular weight is 213 g/mol. The highest BCUT2D eigenvalue weighted by Crippen LogP contribution is 2.08. The fourth-order valence-corrected chi connectivity index (χ4v) is 1.53. The van der Waals surface area contributed by atoms with Crippen LogP contribution in [0.1, 0.15) is 30.6 Å². The topological polar surface area (TPSA) is 49.3 Å². The number of hydrogen-bond donors (Lipinski definition) is 2. The van der Waals surface area contributed by atoms with Crippen LogP contribution < -0.4 is 5.32 Å². The summed E-state index contributed by atoms with van der Waals surface area (Å²) in [7, 11) is 0. The molecule has 0 radical (unpaired) electrons. The van der Waals surface area contributed by atoms with E-state index in [1.54, 1.807) is 18.4 Å². The Morgan fingerprint density at radius 1 is 1.71 bits per heavy atom. The molecule has 0 saturated carbocycles. The average Bonchev–Trinajstić information content (AvgIpc) is 2.67. The Morgan fingerprint density at radius 2 is 2.43 bits per heavy atom. The Hall–Kier alpha value is -0.870. The van der Waals surface area contributed by atoms with Crippen molar-refractivity contribution in [1.82, 2.24) is 5.32 Å². The molecule has 0 aliphatic rings. The molecule has 14 heavy (non-hydrogen) atoms. The van der Waals surface area contributed by atoms with Gasteiger partial charge in [0.15, 0.2) is 0 Å². The SMILES string of the molecule is CCC(C)(O)CNC(=O)c1ccsc1. The second-order valence-electron chi connectivity index (χ2n) is 3.55. The highest BCUT2D eigenvalue weighted by Gasteiger charge is 2.18. The van der Waals surface area contributed by atoms with E-state index in [0.29, 0.717) is 12.0 Å². The van der Waals surface area contributed by atoms with Gasteiger partial charge in [0, 0.05) is 17.5 Å². The third kappa shape index (κ3) is 3.12. The van der Waals surface area contributed by atoms with Gasteiger partial charge in [0.05, 0.1) is 5.60 Å². The maximum atomic E-state index is 11.5. The fraction of sp³-hybridized carbons (Fsp3) is 0.500. The van der Waals surface area contributed by atoms with E-state index in [1.165, 1.54) is 11.3 Å². The molecule has 1 amide bonds. The third-order valence-corrected chi connectivity index (χ3v) is 2.86. The van der Waals surface area contributed by atoms with Crippen molar-refractivity contribution in [3.8, 4) is 0 Å². The molecule has 78 valence electrons. The number of thiophene rings is 1. The zero-order valence-electron chi connectivity index (χ0n) is 8.41. The molecule has 0 fully saturated rings. The molecular formula is C10H15NO2S. The lowest BCUT2D eigenvalue weighted by Crippen LogP contribution is -2.39. The highest BCUT2D eigenvalue weighted by molar-refractivity contribution is 7.08. The van der Waals surface area contributed by atoms with Gasteiger partial charge >= 0.3 is 0 Å². The summed E-state index contributed by atoms with van der Waals surface area (Å²) >= 11 is 1.48. The Balaban J connectivity index is 2.43. The molecule has 1 aromatic rings. The molecule has 0 aliphatic carbocycles. The van der Waals surface area contributed by atoms with Crippen molar-refractivity contribution in [2.24, 2.45) is 0 Å². The van der Waals surface area contributed by atoms with Gasteiger partial charge in [-0.15, -0.1) is 0 Å². The van der Waals surface area contributed by atoms with Crippen molar-refractivity contribution < 1.29 is 9.90 Å². The number of hydrogen-bond acceptors (Lipinski definition) is 3. The zero-order valence-corrected chi connectivity index (χ0v) is 9.23. The molecular weight excluding hydrogens is 198 g/mol. The molecule has 1 atom stereocenters. The molecule has 0 spiro atoms. The van der Waals surface area contributed by atoms with Crippen LogP contribution in [0.25, 0.3) is 0 Å². The molecule has 1 rings (SSSR count). The summed E-state index contributed by atoms with van der Waals surface area (Å²) in [5.74, 6) is -0.125. The van der Waals surface area contributed by atoms with Gasteiger partial charge in [-0.25, -0.2) is 0 Å². The lowest BCUT2D eigenvalue weighted by Gasteiger charge is -2.21. The number of rotatable bonds is 4. The van der Waals surface area contributed by atoms with Crippen LogP contribution in [0.3, 0.4) is 0 Å². The van der Waals surface area contributed by atoms with E-state index in [2.05, 4.69) is 5.32 Å². The van der Waals surface area contributed by atoms with E-state index in [0.717, 1.165) is 0 Å². The van der Waals surface area contributed by atoms with Gasteiger partial charge in [-0.3, -0.25) is 4.79 Å². The van der Waals surface area contributed by atoms with Crippen LogP contribution in [0.4, 0.5) is 0 Å². The first-order chi connectivity index (χ1) is 6.55.